The van der Waals surface area contributed by atoms with Gasteiger partial charge in [0.05, 0.1) is 0 Å². The maximum Gasteiger partial charge on any atom is 0.126 e. The molecule has 0 saturated heterocycles. The number of nitrogens with two attached hydrogens (primary N) is 1. The second kappa shape index (κ2) is 4.69. The maximum atomic E-state index is 13.2. The molecule has 1 unspecified atom stereocenters. The van der Waals surface area contributed by atoms with E-state index in [0.717, 1.165) is 4.47 Å². The van der Waals surface area contributed by atoms with Gasteiger partial charge in [0, 0.05) is 10.5 Å². The van der Waals surface area contributed by atoms with Crippen molar-refractivity contribution >= 4 is 15.9 Å². The number of rotatable bonds is 3. The van der Waals surface area contributed by atoms with E-state index in [1.807, 2.05) is 6.92 Å². The van der Waals surface area contributed by atoms with Crippen LogP contribution in [0.2, 0.25) is 0 Å². The van der Waals surface area contributed by atoms with E-state index in [1.54, 1.807) is 12.1 Å². The fraction of sp³-hybridized carbons (Fsp3) is 0.333. The van der Waals surface area contributed by atoms with Crippen molar-refractivity contribution in [3.8, 4) is 0 Å². The Kier molecular flexibility index (Phi) is 3.84. The van der Waals surface area contributed by atoms with Crippen molar-refractivity contribution in [1.29, 1.82) is 0 Å². The molecule has 0 bridgehead atoms. The lowest BCUT2D eigenvalue weighted by Crippen LogP contribution is -2.34. The van der Waals surface area contributed by atoms with Gasteiger partial charge in [0.25, 0.3) is 0 Å². The standard InChI is InChI=1S/C9H12BrFN2/c1-6(13-12)4-7-5-8(10)2-3-9(7)11/h2-3,5-6,13H,4,12H2,1H3. The second-order valence-corrected chi connectivity index (χ2v) is 3.92. The Morgan fingerprint density at radius 3 is 2.92 bits per heavy atom. The van der Waals surface area contributed by atoms with E-state index >= 15 is 0 Å². The Morgan fingerprint density at radius 1 is 1.62 bits per heavy atom. The summed E-state index contributed by atoms with van der Waals surface area (Å²) in [7, 11) is 0. The Bertz CT molecular complexity index is 291. The molecule has 1 aromatic rings. The Balaban J connectivity index is 2.81. The molecule has 0 spiro atoms. The molecule has 0 aliphatic heterocycles. The first kappa shape index (κ1) is 10.6. The van der Waals surface area contributed by atoms with Crippen molar-refractivity contribution in [2.24, 2.45) is 5.84 Å². The molecule has 3 N–H and O–H groups in total. The Hall–Kier alpha value is -0.450. The largest absolute Gasteiger partial charge is 0.271 e. The van der Waals surface area contributed by atoms with Crippen LogP contribution < -0.4 is 11.3 Å². The van der Waals surface area contributed by atoms with Crippen LogP contribution in [0.15, 0.2) is 22.7 Å². The van der Waals surface area contributed by atoms with Gasteiger partial charge in [-0.25, -0.2) is 4.39 Å². The number of hydrogen-bond acceptors (Lipinski definition) is 2. The van der Waals surface area contributed by atoms with Gasteiger partial charge in [-0.05, 0) is 37.1 Å². The predicted octanol–water partition coefficient (Wildman–Crippen LogP) is 1.98. The summed E-state index contributed by atoms with van der Waals surface area (Å²) < 4.78 is 14.1. The maximum absolute atomic E-state index is 13.2. The highest BCUT2D eigenvalue weighted by molar-refractivity contribution is 9.10. The molecule has 0 saturated carbocycles. The van der Waals surface area contributed by atoms with Crippen LogP contribution in [-0.2, 0) is 6.42 Å². The molecule has 4 heteroatoms. The summed E-state index contributed by atoms with van der Waals surface area (Å²) in [5.41, 5.74) is 3.24. The van der Waals surface area contributed by atoms with Crippen molar-refractivity contribution < 1.29 is 4.39 Å². The molecule has 0 amide bonds. The summed E-state index contributed by atoms with van der Waals surface area (Å²) in [4.78, 5) is 0. The number of hydrogen-bond donors (Lipinski definition) is 2. The number of benzene rings is 1. The van der Waals surface area contributed by atoms with Crippen molar-refractivity contribution in [2.45, 2.75) is 19.4 Å². The van der Waals surface area contributed by atoms with Crippen LogP contribution in [0.25, 0.3) is 0 Å². The first-order valence-corrected chi connectivity index (χ1v) is 4.83. The predicted molar refractivity (Wildman–Crippen MR) is 54.6 cm³/mol. The molecular formula is C9H12BrFN2. The monoisotopic (exact) mass is 246 g/mol. The summed E-state index contributed by atoms with van der Waals surface area (Å²) >= 11 is 3.29. The first-order valence-electron chi connectivity index (χ1n) is 4.03. The van der Waals surface area contributed by atoms with Crippen LogP contribution in [-0.4, -0.2) is 6.04 Å². The Labute approximate surface area is 85.4 Å². The van der Waals surface area contributed by atoms with Crippen LogP contribution in [0, 0.1) is 5.82 Å². The van der Waals surface area contributed by atoms with E-state index in [0.29, 0.717) is 12.0 Å². The fourth-order valence-corrected chi connectivity index (χ4v) is 1.50. The van der Waals surface area contributed by atoms with Crippen LogP contribution in [0.5, 0.6) is 0 Å². The minimum atomic E-state index is -0.190. The average molecular weight is 247 g/mol. The third-order valence-corrected chi connectivity index (χ3v) is 2.31. The molecule has 0 aliphatic carbocycles. The molecule has 0 fully saturated rings. The molecule has 1 atom stereocenters. The van der Waals surface area contributed by atoms with E-state index in [1.165, 1.54) is 6.07 Å². The SMILES string of the molecule is CC(Cc1cc(Br)ccc1F)NN. The molecule has 72 valence electrons. The molecule has 2 nitrogen and oxygen atoms in total. The molecule has 1 rings (SSSR count). The van der Waals surface area contributed by atoms with E-state index in [2.05, 4.69) is 21.4 Å². The van der Waals surface area contributed by atoms with Gasteiger partial charge in [0.15, 0.2) is 0 Å². The number of hydrazine groups is 1. The van der Waals surface area contributed by atoms with Gasteiger partial charge in [-0.1, -0.05) is 15.9 Å². The van der Waals surface area contributed by atoms with Crippen molar-refractivity contribution in [3.05, 3.63) is 34.1 Å². The van der Waals surface area contributed by atoms with E-state index in [4.69, 9.17) is 5.84 Å². The minimum Gasteiger partial charge on any atom is -0.271 e. The second-order valence-electron chi connectivity index (χ2n) is 3.01. The van der Waals surface area contributed by atoms with Gasteiger partial charge < -0.3 is 0 Å². The van der Waals surface area contributed by atoms with Crippen molar-refractivity contribution in [2.75, 3.05) is 0 Å². The zero-order valence-electron chi connectivity index (χ0n) is 7.35. The molecule has 0 aliphatic rings. The summed E-state index contributed by atoms with van der Waals surface area (Å²) in [6.07, 6.45) is 0.585. The van der Waals surface area contributed by atoms with Gasteiger partial charge in [-0.3, -0.25) is 11.3 Å². The van der Waals surface area contributed by atoms with Crippen molar-refractivity contribution in [3.63, 3.8) is 0 Å². The highest BCUT2D eigenvalue weighted by Gasteiger charge is 2.06. The average Bonchev–Trinajstić information content (AvgIpc) is 2.11. The van der Waals surface area contributed by atoms with Gasteiger partial charge in [-0.2, -0.15) is 0 Å². The molecule has 0 aromatic heterocycles. The lowest BCUT2D eigenvalue weighted by atomic mass is 10.1. The zero-order chi connectivity index (χ0) is 9.84. The van der Waals surface area contributed by atoms with Gasteiger partial charge in [0.1, 0.15) is 5.82 Å². The minimum absolute atomic E-state index is 0.0730. The normalized spacial score (nSPS) is 12.9. The van der Waals surface area contributed by atoms with E-state index in [9.17, 15) is 4.39 Å². The van der Waals surface area contributed by atoms with Crippen LogP contribution in [0.1, 0.15) is 12.5 Å². The summed E-state index contributed by atoms with van der Waals surface area (Å²) in [6, 6.07) is 4.97. The molecule has 0 heterocycles. The van der Waals surface area contributed by atoms with Crippen molar-refractivity contribution in [1.82, 2.24) is 5.43 Å². The van der Waals surface area contributed by atoms with Crippen LogP contribution in [0.3, 0.4) is 0 Å². The molecule has 13 heavy (non-hydrogen) atoms. The highest BCUT2D eigenvalue weighted by Crippen LogP contribution is 2.16. The molecule has 0 radical (unpaired) electrons. The quantitative estimate of drug-likeness (QED) is 0.633. The third kappa shape index (κ3) is 3.06. The number of nitrogens with one attached hydrogen (secondary N) is 1. The van der Waals surface area contributed by atoms with Crippen LogP contribution in [0.4, 0.5) is 4.39 Å². The fourth-order valence-electron chi connectivity index (χ4n) is 1.09. The zero-order valence-corrected chi connectivity index (χ0v) is 8.94. The Morgan fingerprint density at radius 2 is 2.31 bits per heavy atom. The summed E-state index contributed by atoms with van der Waals surface area (Å²) in [5, 5.41) is 0. The van der Waals surface area contributed by atoms with Gasteiger partial charge in [0.2, 0.25) is 0 Å². The first-order chi connectivity index (χ1) is 6.13. The van der Waals surface area contributed by atoms with E-state index in [-0.39, 0.29) is 11.9 Å². The third-order valence-electron chi connectivity index (χ3n) is 1.82. The highest BCUT2D eigenvalue weighted by atomic mass is 79.9. The summed E-state index contributed by atoms with van der Waals surface area (Å²) in [6.45, 7) is 1.90. The lowest BCUT2D eigenvalue weighted by Gasteiger charge is -2.10. The molecular weight excluding hydrogens is 235 g/mol. The van der Waals surface area contributed by atoms with E-state index < -0.39 is 0 Å². The van der Waals surface area contributed by atoms with Gasteiger partial charge in [-0.15, -0.1) is 0 Å². The van der Waals surface area contributed by atoms with Gasteiger partial charge >= 0.3 is 0 Å². The summed E-state index contributed by atoms with van der Waals surface area (Å²) in [5.74, 6) is 5.03. The molecule has 1 aromatic carbocycles. The van der Waals surface area contributed by atoms with Crippen LogP contribution >= 0.6 is 15.9 Å². The number of halogens is 2. The smallest absolute Gasteiger partial charge is 0.126 e. The lowest BCUT2D eigenvalue weighted by molar-refractivity contribution is 0.541. The topological polar surface area (TPSA) is 38.0 Å².